The Labute approximate surface area is 155 Å². The van der Waals surface area contributed by atoms with E-state index in [2.05, 4.69) is 38.1 Å². The Morgan fingerprint density at radius 3 is 2.65 bits per heavy atom. The molecule has 1 aromatic carbocycles. The summed E-state index contributed by atoms with van der Waals surface area (Å²) >= 11 is 0. The Kier molecular flexibility index (Phi) is 4.35. The molecule has 0 bridgehead atoms. The fourth-order valence-corrected chi connectivity index (χ4v) is 4.18. The van der Waals surface area contributed by atoms with Crippen molar-refractivity contribution >= 4 is 5.91 Å². The predicted molar refractivity (Wildman–Crippen MR) is 103 cm³/mol. The van der Waals surface area contributed by atoms with Crippen LogP contribution in [0.3, 0.4) is 0 Å². The number of hydrogen-bond donors (Lipinski definition) is 1. The minimum atomic E-state index is 0.0369. The third-order valence-electron chi connectivity index (χ3n) is 6.00. The van der Waals surface area contributed by atoms with Crippen LogP contribution in [0, 0.1) is 12.3 Å². The zero-order chi connectivity index (χ0) is 18.3. The maximum atomic E-state index is 13.2. The minimum absolute atomic E-state index is 0.0369. The van der Waals surface area contributed by atoms with Crippen molar-refractivity contribution in [2.45, 2.75) is 46.0 Å². The molecule has 0 saturated carbocycles. The number of carbonyl (C=O) groups is 1. The fourth-order valence-electron chi connectivity index (χ4n) is 4.18. The summed E-state index contributed by atoms with van der Waals surface area (Å²) in [6.45, 7) is 6.37. The molecule has 2 N–H and O–H groups in total. The lowest BCUT2D eigenvalue weighted by Crippen LogP contribution is -2.35. The normalized spacial score (nSPS) is 22.5. The van der Waals surface area contributed by atoms with E-state index in [9.17, 15) is 4.79 Å². The molecule has 2 aliphatic rings. The van der Waals surface area contributed by atoms with Crippen LogP contribution in [0.5, 0.6) is 0 Å². The highest BCUT2D eigenvalue weighted by atomic mass is 16.2. The molecule has 26 heavy (non-hydrogen) atoms. The van der Waals surface area contributed by atoms with Crippen molar-refractivity contribution in [1.29, 1.82) is 0 Å². The molecule has 1 amide bonds. The van der Waals surface area contributed by atoms with Crippen LogP contribution in [0.2, 0.25) is 0 Å². The van der Waals surface area contributed by atoms with Crippen molar-refractivity contribution in [2.75, 3.05) is 19.6 Å². The lowest BCUT2D eigenvalue weighted by Gasteiger charge is -2.22. The quantitative estimate of drug-likeness (QED) is 0.924. The molecule has 5 heteroatoms. The minimum Gasteiger partial charge on any atom is -0.337 e. The van der Waals surface area contributed by atoms with Gasteiger partial charge in [0.1, 0.15) is 0 Å². The molecule has 4 rings (SSSR count). The van der Waals surface area contributed by atoms with E-state index < -0.39 is 0 Å². The molecule has 0 radical (unpaired) electrons. The van der Waals surface area contributed by atoms with Gasteiger partial charge in [-0.1, -0.05) is 24.6 Å². The van der Waals surface area contributed by atoms with E-state index in [0.29, 0.717) is 12.2 Å². The van der Waals surface area contributed by atoms with Crippen molar-refractivity contribution in [2.24, 2.45) is 11.1 Å². The molecule has 1 aliphatic carbocycles. The van der Waals surface area contributed by atoms with Gasteiger partial charge in [-0.2, -0.15) is 5.10 Å². The standard InChI is InChI=1S/C21H28N4O/c1-15-7-9-16(10-8-15)25-18-6-4-3-5-17(18)19(23-25)20(26)24-12-11-21(2,13-22)14-24/h7-10H,3-6,11-14,22H2,1-2H3. The van der Waals surface area contributed by atoms with Gasteiger partial charge < -0.3 is 10.6 Å². The molecule has 1 atom stereocenters. The zero-order valence-corrected chi connectivity index (χ0v) is 15.8. The van der Waals surface area contributed by atoms with Crippen LogP contribution in [-0.2, 0) is 12.8 Å². The van der Waals surface area contributed by atoms with Crippen LogP contribution in [0.15, 0.2) is 24.3 Å². The number of likely N-dealkylation sites (tertiary alicyclic amines) is 1. The second-order valence-electron chi connectivity index (χ2n) is 8.22. The van der Waals surface area contributed by atoms with Gasteiger partial charge in [-0.3, -0.25) is 4.79 Å². The molecule has 1 fully saturated rings. The van der Waals surface area contributed by atoms with Crippen LogP contribution < -0.4 is 5.73 Å². The van der Waals surface area contributed by atoms with Crippen LogP contribution >= 0.6 is 0 Å². The number of amides is 1. The largest absolute Gasteiger partial charge is 0.337 e. The van der Waals surface area contributed by atoms with Gasteiger partial charge in [0.15, 0.2) is 5.69 Å². The molecule has 0 spiro atoms. The van der Waals surface area contributed by atoms with Gasteiger partial charge in [0, 0.05) is 24.3 Å². The molecular weight excluding hydrogens is 324 g/mol. The number of rotatable bonds is 3. The average Bonchev–Trinajstić information content (AvgIpc) is 3.24. The number of carbonyl (C=O) groups excluding carboxylic acids is 1. The Morgan fingerprint density at radius 1 is 1.23 bits per heavy atom. The molecule has 1 unspecified atom stereocenters. The van der Waals surface area contributed by atoms with Crippen LogP contribution in [0.1, 0.15) is 53.5 Å². The number of nitrogens with zero attached hydrogens (tertiary/aromatic N) is 3. The molecule has 5 nitrogen and oxygen atoms in total. The van der Waals surface area contributed by atoms with Crippen LogP contribution in [0.25, 0.3) is 5.69 Å². The monoisotopic (exact) mass is 352 g/mol. The number of aromatic nitrogens is 2. The summed E-state index contributed by atoms with van der Waals surface area (Å²) in [7, 11) is 0. The number of nitrogens with two attached hydrogens (primary N) is 1. The third kappa shape index (κ3) is 2.94. The van der Waals surface area contributed by atoms with Gasteiger partial charge in [-0.25, -0.2) is 4.68 Å². The van der Waals surface area contributed by atoms with E-state index in [1.165, 1.54) is 11.3 Å². The van der Waals surface area contributed by atoms with Crippen LogP contribution in [-0.4, -0.2) is 40.2 Å². The smallest absolute Gasteiger partial charge is 0.274 e. The van der Waals surface area contributed by atoms with E-state index in [-0.39, 0.29) is 11.3 Å². The summed E-state index contributed by atoms with van der Waals surface area (Å²) in [5.41, 5.74) is 11.2. The Bertz CT molecular complexity index is 823. The molecule has 2 aromatic rings. The van der Waals surface area contributed by atoms with E-state index in [1.807, 2.05) is 9.58 Å². The van der Waals surface area contributed by atoms with Gasteiger partial charge in [-0.05, 0) is 63.1 Å². The van der Waals surface area contributed by atoms with Crippen molar-refractivity contribution in [1.82, 2.24) is 14.7 Å². The predicted octanol–water partition coefficient (Wildman–Crippen LogP) is 2.87. The summed E-state index contributed by atoms with van der Waals surface area (Å²) in [6, 6.07) is 8.38. The lowest BCUT2D eigenvalue weighted by molar-refractivity contribution is 0.0769. The van der Waals surface area contributed by atoms with E-state index >= 15 is 0 Å². The summed E-state index contributed by atoms with van der Waals surface area (Å²) in [4.78, 5) is 15.2. The Balaban J connectivity index is 1.71. The highest BCUT2D eigenvalue weighted by molar-refractivity contribution is 5.94. The highest BCUT2D eigenvalue weighted by Crippen LogP contribution is 2.32. The topological polar surface area (TPSA) is 64.2 Å². The van der Waals surface area contributed by atoms with Gasteiger partial charge >= 0.3 is 0 Å². The van der Waals surface area contributed by atoms with Crippen molar-refractivity contribution in [3.05, 3.63) is 46.8 Å². The third-order valence-corrected chi connectivity index (χ3v) is 6.00. The SMILES string of the molecule is Cc1ccc(-n2nc(C(=O)N3CCC(C)(CN)C3)c3c2CCCC3)cc1. The first-order valence-corrected chi connectivity index (χ1v) is 9.68. The Hall–Kier alpha value is -2.14. The second kappa shape index (κ2) is 6.54. The number of benzene rings is 1. The maximum Gasteiger partial charge on any atom is 0.274 e. The highest BCUT2D eigenvalue weighted by Gasteiger charge is 2.37. The summed E-state index contributed by atoms with van der Waals surface area (Å²) in [5, 5.41) is 4.80. The Morgan fingerprint density at radius 2 is 1.96 bits per heavy atom. The lowest BCUT2D eigenvalue weighted by atomic mass is 9.90. The second-order valence-corrected chi connectivity index (χ2v) is 8.22. The van der Waals surface area contributed by atoms with Gasteiger partial charge in [0.05, 0.1) is 5.69 Å². The van der Waals surface area contributed by atoms with E-state index in [1.54, 1.807) is 0 Å². The molecule has 1 aliphatic heterocycles. The number of hydrogen-bond acceptors (Lipinski definition) is 3. The van der Waals surface area contributed by atoms with Gasteiger partial charge in [0.2, 0.25) is 0 Å². The average molecular weight is 352 g/mol. The molecule has 1 aromatic heterocycles. The van der Waals surface area contributed by atoms with E-state index in [4.69, 9.17) is 10.8 Å². The molecule has 1 saturated heterocycles. The first kappa shape index (κ1) is 17.3. The molecule has 2 heterocycles. The first-order chi connectivity index (χ1) is 12.5. The van der Waals surface area contributed by atoms with Crippen molar-refractivity contribution in [3.8, 4) is 5.69 Å². The number of fused-ring (bicyclic) bond motifs is 1. The fraction of sp³-hybridized carbons (Fsp3) is 0.524. The van der Waals surface area contributed by atoms with Gasteiger partial charge in [-0.15, -0.1) is 0 Å². The molecular formula is C21H28N4O. The van der Waals surface area contributed by atoms with E-state index in [0.717, 1.165) is 56.4 Å². The summed E-state index contributed by atoms with van der Waals surface area (Å²) < 4.78 is 2.00. The van der Waals surface area contributed by atoms with Gasteiger partial charge in [0.25, 0.3) is 5.91 Å². The zero-order valence-electron chi connectivity index (χ0n) is 15.8. The van der Waals surface area contributed by atoms with Crippen molar-refractivity contribution in [3.63, 3.8) is 0 Å². The number of aryl methyl sites for hydroxylation is 1. The maximum absolute atomic E-state index is 13.2. The van der Waals surface area contributed by atoms with Crippen molar-refractivity contribution < 1.29 is 4.79 Å². The summed E-state index contributed by atoms with van der Waals surface area (Å²) in [5.74, 6) is 0.0752. The van der Waals surface area contributed by atoms with Crippen LogP contribution in [0.4, 0.5) is 0 Å². The first-order valence-electron chi connectivity index (χ1n) is 9.68. The summed E-state index contributed by atoms with van der Waals surface area (Å²) in [6.07, 6.45) is 5.20. The molecule has 138 valence electrons.